The quantitative estimate of drug-likeness (QED) is 0.707. The average molecular weight is 222 g/mol. The molecule has 1 aliphatic rings. The smallest absolute Gasteiger partial charge is 0.130 e. The molecule has 17 heavy (non-hydrogen) atoms. The van der Waals surface area contributed by atoms with E-state index < -0.39 is 0 Å². The van der Waals surface area contributed by atoms with E-state index in [2.05, 4.69) is 49.4 Å². The number of hydrogen-bond acceptors (Lipinski definition) is 1. The number of para-hydroxylation sites is 1. The molecule has 1 unspecified atom stereocenters. The van der Waals surface area contributed by atoms with Crippen LogP contribution in [0.1, 0.15) is 22.6 Å². The van der Waals surface area contributed by atoms with Gasteiger partial charge in [0.05, 0.1) is 6.26 Å². The molecule has 2 aromatic rings. The van der Waals surface area contributed by atoms with Crippen molar-refractivity contribution in [2.24, 2.45) is 0 Å². The lowest BCUT2D eigenvalue weighted by molar-refractivity contribution is 0.459. The fraction of sp³-hybridized carbons (Fsp3) is 0.125. The van der Waals surface area contributed by atoms with Crippen LogP contribution in [0.25, 0.3) is 0 Å². The van der Waals surface area contributed by atoms with E-state index in [9.17, 15) is 0 Å². The van der Waals surface area contributed by atoms with E-state index in [1.807, 2.05) is 12.1 Å². The predicted molar refractivity (Wildman–Crippen MR) is 69.2 cm³/mol. The molecular weight excluding hydrogens is 208 g/mol. The minimum atomic E-state index is 0.306. The Labute approximate surface area is 101 Å². The van der Waals surface area contributed by atoms with Gasteiger partial charge < -0.3 is 4.74 Å². The van der Waals surface area contributed by atoms with Crippen molar-refractivity contribution < 1.29 is 4.74 Å². The summed E-state index contributed by atoms with van der Waals surface area (Å²) in [5.41, 5.74) is 3.83. The molecule has 3 rings (SSSR count). The largest absolute Gasteiger partial charge is 0.465 e. The van der Waals surface area contributed by atoms with Crippen LogP contribution < -0.4 is 4.74 Å². The Kier molecular flexibility index (Phi) is 2.45. The summed E-state index contributed by atoms with van der Waals surface area (Å²) in [6.45, 7) is 2.11. The molecule has 0 amide bonds. The van der Waals surface area contributed by atoms with Crippen molar-refractivity contribution in [1.29, 1.82) is 0 Å². The molecule has 0 N–H and O–H groups in total. The van der Waals surface area contributed by atoms with E-state index in [1.54, 1.807) is 6.26 Å². The van der Waals surface area contributed by atoms with Gasteiger partial charge in [-0.25, -0.2) is 0 Å². The summed E-state index contributed by atoms with van der Waals surface area (Å²) in [6.07, 6.45) is 3.89. The number of ether oxygens (including phenoxy) is 1. The van der Waals surface area contributed by atoms with E-state index >= 15 is 0 Å². The fourth-order valence-electron chi connectivity index (χ4n) is 2.20. The average Bonchev–Trinajstić information content (AvgIpc) is 2.39. The number of allylic oxidation sites excluding steroid dienone is 1. The summed E-state index contributed by atoms with van der Waals surface area (Å²) in [7, 11) is 0. The molecule has 0 radical (unpaired) electrons. The molecule has 0 saturated heterocycles. The van der Waals surface area contributed by atoms with Crippen molar-refractivity contribution in [2.75, 3.05) is 0 Å². The third kappa shape index (κ3) is 1.84. The number of hydrogen-bond donors (Lipinski definition) is 0. The van der Waals surface area contributed by atoms with Gasteiger partial charge in [-0.2, -0.15) is 0 Å². The highest BCUT2D eigenvalue weighted by molar-refractivity contribution is 5.47. The van der Waals surface area contributed by atoms with E-state index in [0.717, 1.165) is 5.75 Å². The predicted octanol–water partition coefficient (Wildman–Crippen LogP) is 4.03. The van der Waals surface area contributed by atoms with Crippen LogP contribution in [0.3, 0.4) is 0 Å². The van der Waals surface area contributed by atoms with Gasteiger partial charge in [0, 0.05) is 11.5 Å². The molecule has 1 nitrogen and oxygen atoms in total. The second kappa shape index (κ2) is 4.10. The third-order valence-corrected chi connectivity index (χ3v) is 3.16. The first kappa shape index (κ1) is 10.2. The highest BCUT2D eigenvalue weighted by atomic mass is 16.5. The highest BCUT2D eigenvalue weighted by Crippen LogP contribution is 2.35. The van der Waals surface area contributed by atoms with Crippen LogP contribution in [-0.4, -0.2) is 0 Å². The molecule has 0 saturated carbocycles. The van der Waals surface area contributed by atoms with Gasteiger partial charge in [0.2, 0.25) is 0 Å². The summed E-state index contributed by atoms with van der Waals surface area (Å²) >= 11 is 0. The zero-order chi connectivity index (χ0) is 11.7. The number of fused-ring (bicyclic) bond motifs is 1. The first-order valence-corrected chi connectivity index (χ1v) is 5.83. The van der Waals surface area contributed by atoms with Crippen molar-refractivity contribution in [1.82, 2.24) is 0 Å². The maximum absolute atomic E-state index is 5.52. The molecule has 1 aliphatic heterocycles. The monoisotopic (exact) mass is 222 g/mol. The molecule has 1 heterocycles. The lowest BCUT2D eigenvalue weighted by Crippen LogP contribution is -2.05. The summed E-state index contributed by atoms with van der Waals surface area (Å²) < 4.78 is 5.52. The molecule has 0 spiro atoms. The second-order valence-electron chi connectivity index (χ2n) is 4.37. The topological polar surface area (TPSA) is 9.23 Å². The fourth-order valence-corrected chi connectivity index (χ4v) is 2.20. The maximum atomic E-state index is 5.52. The van der Waals surface area contributed by atoms with Crippen LogP contribution >= 0.6 is 0 Å². The molecule has 84 valence electrons. The van der Waals surface area contributed by atoms with Gasteiger partial charge in [-0.15, -0.1) is 0 Å². The Morgan fingerprint density at radius 1 is 0.941 bits per heavy atom. The molecule has 0 fully saturated rings. The molecule has 1 heteroatoms. The third-order valence-electron chi connectivity index (χ3n) is 3.16. The van der Waals surface area contributed by atoms with Gasteiger partial charge in [-0.05, 0) is 24.6 Å². The summed E-state index contributed by atoms with van der Waals surface area (Å²) in [5, 5.41) is 0. The van der Waals surface area contributed by atoms with Crippen LogP contribution in [0.2, 0.25) is 0 Å². The normalized spacial score (nSPS) is 17.4. The Morgan fingerprint density at radius 2 is 1.71 bits per heavy atom. The van der Waals surface area contributed by atoms with Gasteiger partial charge in [0.1, 0.15) is 5.75 Å². The van der Waals surface area contributed by atoms with E-state index in [0.29, 0.717) is 5.92 Å². The first-order valence-electron chi connectivity index (χ1n) is 5.83. The van der Waals surface area contributed by atoms with E-state index in [1.165, 1.54) is 16.7 Å². The minimum Gasteiger partial charge on any atom is -0.465 e. The molecule has 0 aliphatic carbocycles. The summed E-state index contributed by atoms with van der Waals surface area (Å²) in [4.78, 5) is 0. The van der Waals surface area contributed by atoms with Crippen molar-refractivity contribution in [3.05, 3.63) is 77.6 Å². The minimum absolute atomic E-state index is 0.306. The lowest BCUT2D eigenvalue weighted by Gasteiger charge is -2.21. The Bertz CT molecular complexity index is 552. The zero-order valence-corrected chi connectivity index (χ0v) is 9.76. The van der Waals surface area contributed by atoms with Gasteiger partial charge in [0.25, 0.3) is 0 Å². The Hall–Kier alpha value is -2.02. The van der Waals surface area contributed by atoms with Crippen LogP contribution in [0.5, 0.6) is 5.75 Å². The second-order valence-corrected chi connectivity index (χ2v) is 4.37. The van der Waals surface area contributed by atoms with Crippen LogP contribution in [-0.2, 0) is 0 Å². The standard InChI is InChI=1S/C16H14O/c1-12-6-8-13(9-7-12)14-10-11-17-16-5-3-2-4-15(14)16/h2-11,14H,1H3. The number of rotatable bonds is 1. The summed E-state index contributed by atoms with van der Waals surface area (Å²) in [5.74, 6) is 1.26. The first-order chi connectivity index (χ1) is 8.34. The molecule has 0 aromatic heterocycles. The maximum Gasteiger partial charge on any atom is 0.130 e. The van der Waals surface area contributed by atoms with Gasteiger partial charge in [-0.1, -0.05) is 48.0 Å². The molecule has 0 bridgehead atoms. The molecule has 2 aromatic carbocycles. The van der Waals surface area contributed by atoms with Crippen LogP contribution in [0.15, 0.2) is 60.9 Å². The van der Waals surface area contributed by atoms with Gasteiger partial charge in [-0.3, -0.25) is 0 Å². The molecular formula is C16H14O. The van der Waals surface area contributed by atoms with E-state index in [-0.39, 0.29) is 0 Å². The highest BCUT2D eigenvalue weighted by Gasteiger charge is 2.18. The lowest BCUT2D eigenvalue weighted by atomic mass is 9.89. The number of benzene rings is 2. The van der Waals surface area contributed by atoms with Gasteiger partial charge in [0.15, 0.2) is 0 Å². The van der Waals surface area contributed by atoms with Crippen molar-refractivity contribution in [2.45, 2.75) is 12.8 Å². The van der Waals surface area contributed by atoms with Crippen LogP contribution in [0.4, 0.5) is 0 Å². The SMILES string of the molecule is Cc1ccc(C2C=COc3ccccc32)cc1. The van der Waals surface area contributed by atoms with Crippen LogP contribution in [0, 0.1) is 6.92 Å². The zero-order valence-electron chi connectivity index (χ0n) is 9.76. The summed E-state index contributed by atoms with van der Waals surface area (Å²) in [6, 6.07) is 16.9. The van der Waals surface area contributed by atoms with Crippen molar-refractivity contribution in [3.63, 3.8) is 0 Å². The van der Waals surface area contributed by atoms with Crippen molar-refractivity contribution in [3.8, 4) is 5.75 Å². The van der Waals surface area contributed by atoms with E-state index in [4.69, 9.17) is 4.74 Å². The Balaban J connectivity index is 2.06. The Morgan fingerprint density at radius 3 is 2.53 bits per heavy atom. The number of aryl methyl sites for hydroxylation is 1. The molecule has 1 atom stereocenters. The van der Waals surface area contributed by atoms with Crippen molar-refractivity contribution >= 4 is 0 Å². The van der Waals surface area contributed by atoms with Gasteiger partial charge >= 0.3 is 0 Å².